The Morgan fingerprint density at radius 1 is 1.21 bits per heavy atom. The van der Waals surface area contributed by atoms with Crippen LogP contribution < -0.4 is 5.32 Å². The van der Waals surface area contributed by atoms with Gasteiger partial charge in [-0.2, -0.15) is 0 Å². The Morgan fingerprint density at radius 2 is 1.93 bits per heavy atom. The van der Waals surface area contributed by atoms with Gasteiger partial charge in [-0.1, -0.05) is 35.9 Å². The molecular weight excluding hydrogens is 408 g/mol. The van der Waals surface area contributed by atoms with E-state index in [1.165, 1.54) is 0 Å². The fourth-order valence-corrected chi connectivity index (χ4v) is 4.42. The minimum absolute atomic E-state index is 0.0542. The number of carbonyl (C=O) groups is 2. The molecule has 1 atom stereocenters. The number of hydrogen-bond acceptors (Lipinski definition) is 4. The van der Waals surface area contributed by atoms with Crippen LogP contribution in [0.5, 0.6) is 0 Å². The first-order chi connectivity index (χ1) is 14.1. The molecule has 154 valence electrons. The Bertz CT molecular complexity index is 827. The lowest BCUT2D eigenvalue weighted by atomic mass is 10.1. The topological polar surface area (TPSA) is 58.6 Å². The molecule has 2 aromatic rings. The quantitative estimate of drug-likeness (QED) is 0.601. The molecule has 0 aromatic heterocycles. The molecule has 0 spiro atoms. The number of nitrogens with zero attached hydrogens (tertiary/aromatic N) is 1. The first kappa shape index (κ1) is 21.7. The van der Waals surface area contributed by atoms with Gasteiger partial charge in [-0.05, 0) is 48.7 Å². The molecule has 1 aliphatic heterocycles. The van der Waals surface area contributed by atoms with E-state index in [0.717, 1.165) is 17.5 Å². The van der Waals surface area contributed by atoms with Gasteiger partial charge >= 0.3 is 0 Å². The van der Waals surface area contributed by atoms with Gasteiger partial charge in [-0.15, -0.1) is 11.8 Å². The van der Waals surface area contributed by atoms with Crippen molar-refractivity contribution < 1.29 is 14.3 Å². The molecule has 1 fully saturated rings. The summed E-state index contributed by atoms with van der Waals surface area (Å²) < 4.78 is 5.27. The highest BCUT2D eigenvalue weighted by Crippen LogP contribution is 2.39. The molecule has 0 saturated carbocycles. The predicted molar refractivity (Wildman–Crippen MR) is 117 cm³/mol. The molecule has 1 heterocycles. The van der Waals surface area contributed by atoms with E-state index < -0.39 is 0 Å². The molecule has 2 aromatic carbocycles. The normalized spacial score (nSPS) is 16.3. The highest BCUT2D eigenvalue weighted by Gasteiger charge is 2.32. The van der Waals surface area contributed by atoms with Crippen molar-refractivity contribution >= 4 is 35.2 Å². The fraction of sp³-hybridized carbons (Fsp3) is 0.364. The van der Waals surface area contributed by atoms with E-state index >= 15 is 0 Å². The Hall–Kier alpha value is -2.02. The summed E-state index contributed by atoms with van der Waals surface area (Å²) in [5, 5.41) is 3.53. The molecule has 0 aliphatic carbocycles. The summed E-state index contributed by atoms with van der Waals surface area (Å²) >= 11 is 7.56. The Morgan fingerprint density at radius 3 is 2.62 bits per heavy atom. The Labute approximate surface area is 180 Å². The van der Waals surface area contributed by atoms with E-state index in [0.29, 0.717) is 42.6 Å². The van der Waals surface area contributed by atoms with Gasteiger partial charge in [0.1, 0.15) is 5.37 Å². The third-order valence-corrected chi connectivity index (χ3v) is 6.16. The highest BCUT2D eigenvalue weighted by molar-refractivity contribution is 8.00. The van der Waals surface area contributed by atoms with E-state index in [4.69, 9.17) is 16.3 Å². The number of halogens is 1. The zero-order chi connectivity index (χ0) is 20.6. The van der Waals surface area contributed by atoms with Gasteiger partial charge in [0.25, 0.3) is 5.91 Å². The molecule has 3 rings (SSSR count). The summed E-state index contributed by atoms with van der Waals surface area (Å²) in [4.78, 5) is 26.5. The molecule has 1 aliphatic rings. The van der Waals surface area contributed by atoms with Crippen LogP contribution in [-0.4, -0.2) is 42.2 Å². The van der Waals surface area contributed by atoms with E-state index in [2.05, 4.69) is 5.32 Å². The lowest BCUT2D eigenvalue weighted by Crippen LogP contribution is -2.28. The summed E-state index contributed by atoms with van der Waals surface area (Å²) in [7, 11) is 0. The molecule has 1 saturated heterocycles. The number of nitrogens with one attached hydrogen (secondary N) is 1. The average molecular weight is 433 g/mol. The number of benzene rings is 2. The minimum Gasteiger partial charge on any atom is -0.382 e. The van der Waals surface area contributed by atoms with Crippen LogP contribution in [0.15, 0.2) is 48.5 Å². The molecular formula is C22H25ClN2O3S. The van der Waals surface area contributed by atoms with Crippen LogP contribution in [0.2, 0.25) is 5.02 Å². The van der Waals surface area contributed by atoms with Crippen molar-refractivity contribution in [1.82, 2.24) is 10.2 Å². The third kappa shape index (κ3) is 5.98. The first-order valence-electron chi connectivity index (χ1n) is 9.70. The molecule has 0 unspecified atom stereocenters. The fourth-order valence-electron chi connectivity index (χ4n) is 3.11. The van der Waals surface area contributed by atoms with Crippen molar-refractivity contribution in [2.24, 2.45) is 0 Å². The summed E-state index contributed by atoms with van der Waals surface area (Å²) in [6.07, 6.45) is 0.790. The van der Waals surface area contributed by atoms with E-state index in [9.17, 15) is 9.59 Å². The lowest BCUT2D eigenvalue weighted by molar-refractivity contribution is -0.128. The van der Waals surface area contributed by atoms with Gasteiger partial charge < -0.3 is 15.0 Å². The number of rotatable bonds is 9. The van der Waals surface area contributed by atoms with Crippen LogP contribution in [0.3, 0.4) is 0 Å². The van der Waals surface area contributed by atoms with E-state index in [1.807, 2.05) is 60.4 Å². The molecule has 7 heteroatoms. The van der Waals surface area contributed by atoms with E-state index in [1.54, 1.807) is 11.8 Å². The van der Waals surface area contributed by atoms with Gasteiger partial charge in [0, 0.05) is 36.9 Å². The molecule has 2 amide bonds. The number of amides is 2. The second kappa shape index (κ2) is 10.7. The van der Waals surface area contributed by atoms with Crippen LogP contribution in [0.4, 0.5) is 0 Å². The van der Waals surface area contributed by atoms with Crippen molar-refractivity contribution in [2.75, 3.05) is 25.5 Å². The molecule has 29 heavy (non-hydrogen) atoms. The second-order valence-corrected chi connectivity index (χ2v) is 8.24. The Balaban J connectivity index is 1.61. The van der Waals surface area contributed by atoms with E-state index in [-0.39, 0.29) is 17.2 Å². The van der Waals surface area contributed by atoms with Gasteiger partial charge in [0.15, 0.2) is 0 Å². The number of carbonyl (C=O) groups excluding carboxylic acids is 2. The second-order valence-electron chi connectivity index (χ2n) is 6.74. The van der Waals surface area contributed by atoms with Crippen LogP contribution in [0.1, 0.15) is 40.2 Å². The maximum absolute atomic E-state index is 12.4. The molecule has 0 bridgehead atoms. The molecule has 1 N–H and O–H groups in total. The zero-order valence-corrected chi connectivity index (χ0v) is 18.0. The summed E-state index contributed by atoms with van der Waals surface area (Å²) in [5.41, 5.74) is 2.67. The third-order valence-electron chi connectivity index (χ3n) is 4.65. The van der Waals surface area contributed by atoms with Crippen LogP contribution in [0.25, 0.3) is 0 Å². The SMILES string of the molecule is CCOCCCNC(=O)c1ccc([C@H]2SCC(=O)N2Cc2ccc(Cl)cc2)cc1. The summed E-state index contributed by atoms with van der Waals surface area (Å²) in [6, 6.07) is 15.0. The van der Waals surface area contributed by atoms with Crippen molar-refractivity contribution in [1.29, 1.82) is 0 Å². The van der Waals surface area contributed by atoms with Crippen LogP contribution >= 0.6 is 23.4 Å². The number of hydrogen-bond donors (Lipinski definition) is 1. The van der Waals surface area contributed by atoms with Crippen molar-refractivity contribution in [2.45, 2.75) is 25.3 Å². The van der Waals surface area contributed by atoms with Gasteiger partial charge in [-0.3, -0.25) is 9.59 Å². The largest absolute Gasteiger partial charge is 0.382 e. The van der Waals surface area contributed by atoms with Crippen LogP contribution in [0, 0.1) is 0 Å². The molecule has 0 radical (unpaired) electrons. The molecule has 5 nitrogen and oxygen atoms in total. The van der Waals surface area contributed by atoms with Gasteiger partial charge in [0.2, 0.25) is 5.91 Å². The maximum Gasteiger partial charge on any atom is 0.251 e. The van der Waals surface area contributed by atoms with Crippen molar-refractivity contribution in [3.63, 3.8) is 0 Å². The monoisotopic (exact) mass is 432 g/mol. The zero-order valence-electron chi connectivity index (χ0n) is 16.4. The number of thioether (sulfide) groups is 1. The van der Waals surface area contributed by atoms with Crippen molar-refractivity contribution in [3.8, 4) is 0 Å². The average Bonchev–Trinajstić information content (AvgIpc) is 3.10. The lowest BCUT2D eigenvalue weighted by Gasteiger charge is -2.24. The van der Waals surface area contributed by atoms with Gasteiger partial charge in [0.05, 0.1) is 5.75 Å². The minimum atomic E-state index is -0.0961. The maximum atomic E-state index is 12.4. The number of ether oxygens (including phenoxy) is 1. The summed E-state index contributed by atoms with van der Waals surface area (Å²) in [6.45, 7) is 4.41. The smallest absolute Gasteiger partial charge is 0.251 e. The van der Waals surface area contributed by atoms with Crippen LogP contribution in [-0.2, 0) is 16.1 Å². The Kier molecular flexibility index (Phi) is 7.98. The first-order valence-corrected chi connectivity index (χ1v) is 11.1. The predicted octanol–water partition coefficient (Wildman–Crippen LogP) is 4.27. The van der Waals surface area contributed by atoms with Gasteiger partial charge in [-0.25, -0.2) is 0 Å². The highest BCUT2D eigenvalue weighted by atomic mass is 35.5. The van der Waals surface area contributed by atoms with Crippen molar-refractivity contribution in [3.05, 3.63) is 70.2 Å². The standard InChI is InChI=1S/C22H25ClN2O3S/c1-2-28-13-3-12-24-21(27)17-6-8-18(9-7-17)22-25(20(26)15-29-22)14-16-4-10-19(23)11-5-16/h4-11,22H,2-3,12-15H2,1H3,(H,24,27)/t22-/m1/s1. The summed E-state index contributed by atoms with van der Waals surface area (Å²) in [5.74, 6) is 0.479.